The zero-order chi connectivity index (χ0) is 18.1. The van der Waals surface area contributed by atoms with Crippen LogP contribution in [0.25, 0.3) is 0 Å². The van der Waals surface area contributed by atoms with Crippen LogP contribution in [0.2, 0.25) is 0 Å². The Bertz CT molecular complexity index is 774. The first-order valence-corrected chi connectivity index (χ1v) is 8.57. The largest absolute Gasteiger partial charge is 0.332 e. The van der Waals surface area contributed by atoms with Gasteiger partial charge in [0.25, 0.3) is 0 Å². The van der Waals surface area contributed by atoms with Crippen LogP contribution >= 0.6 is 0 Å². The number of carbonyl (C=O) groups is 1. The quantitative estimate of drug-likeness (QED) is 0.898. The minimum Gasteiger partial charge on any atom is -0.332 e. The van der Waals surface area contributed by atoms with Crippen molar-refractivity contribution in [1.29, 1.82) is 0 Å². The Morgan fingerprint density at radius 1 is 1.28 bits per heavy atom. The lowest BCUT2D eigenvalue weighted by atomic mass is 10.1. The van der Waals surface area contributed by atoms with Crippen molar-refractivity contribution in [2.75, 3.05) is 20.6 Å². The molecule has 25 heavy (non-hydrogen) atoms. The molecule has 0 radical (unpaired) electrons. The summed E-state index contributed by atoms with van der Waals surface area (Å²) in [5.41, 5.74) is 5.74. The van der Waals surface area contributed by atoms with E-state index in [-0.39, 0.29) is 6.03 Å². The monoisotopic (exact) mass is 345 g/mol. The van der Waals surface area contributed by atoms with E-state index in [0.29, 0.717) is 6.54 Å². The molecule has 8 heteroatoms. The molecule has 2 amide bonds. The Balaban J connectivity index is 1.64. The molecular formula is C17H27N7O. The molecule has 0 fully saturated rings. The lowest BCUT2D eigenvalue weighted by molar-refractivity contribution is 0.204. The number of aromatic nitrogens is 4. The molecule has 0 bridgehead atoms. The number of hydrogen-bond acceptors (Lipinski definition) is 4. The molecule has 0 unspecified atom stereocenters. The van der Waals surface area contributed by atoms with Crippen LogP contribution in [0, 0.1) is 13.8 Å². The van der Waals surface area contributed by atoms with Crippen LogP contribution in [0.4, 0.5) is 4.79 Å². The van der Waals surface area contributed by atoms with Gasteiger partial charge in [-0.1, -0.05) is 0 Å². The van der Waals surface area contributed by atoms with Crippen LogP contribution < -0.4 is 5.32 Å². The van der Waals surface area contributed by atoms with Crippen LogP contribution in [0.15, 0.2) is 6.07 Å². The van der Waals surface area contributed by atoms with Gasteiger partial charge in [-0.2, -0.15) is 10.2 Å². The van der Waals surface area contributed by atoms with Crippen molar-refractivity contribution in [1.82, 2.24) is 34.7 Å². The molecule has 0 atom stereocenters. The molecule has 0 aromatic carbocycles. The van der Waals surface area contributed by atoms with Gasteiger partial charge in [-0.15, -0.1) is 0 Å². The van der Waals surface area contributed by atoms with Crippen molar-refractivity contribution in [2.45, 2.75) is 40.0 Å². The van der Waals surface area contributed by atoms with Gasteiger partial charge >= 0.3 is 6.03 Å². The lowest BCUT2D eigenvalue weighted by Crippen LogP contribution is -2.34. The van der Waals surface area contributed by atoms with E-state index in [2.05, 4.69) is 45.0 Å². The van der Waals surface area contributed by atoms with Crippen molar-refractivity contribution in [3.05, 3.63) is 34.4 Å². The van der Waals surface area contributed by atoms with Gasteiger partial charge in [-0.3, -0.25) is 14.3 Å². The predicted molar refractivity (Wildman–Crippen MR) is 94.9 cm³/mol. The Morgan fingerprint density at radius 2 is 2.04 bits per heavy atom. The molecule has 3 heterocycles. The van der Waals surface area contributed by atoms with Crippen LogP contribution in [0.3, 0.4) is 0 Å². The van der Waals surface area contributed by atoms with Crippen molar-refractivity contribution in [3.63, 3.8) is 0 Å². The van der Waals surface area contributed by atoms with Gasteiger partial charge in [0.05, 0.1) is 30.2 Å². The SMILES string of the molecule is Cc1nn(C)c(C)c1CN1CCn2nc(CNC(=O)N(C)C)cc2C1. The molecule has 1 aliphatic rings. The molecule has 2 aromatic heterocycles. The van der Waals surface area contributed by atoms with E-state index in [4.69, 9.17) is 0 Å². The first-order chi connectivity index (χ1) is 11.8. The number of carbonyl (C=O) groups excluding carboxylic acids is 1. The third kappa shape index (κ3) is 3.68. The normalized spacial score (nSPS) is 14.4. The molecule has 0 aliphatic carbocycles. The van der Waals surface area contributed by atoms with E-state index in [0.717, 1.165) is 37.6 Å². The summed E-state index contributed by atoms with van der Waals surface area (Å²) in [6, 6.07) is 1.99. The number of nitrogens with zero attached hydrogens (tertiary/aromatic N) is 6. The van der Waals surface area contributed by atoms with E-state index in [1.807, 2.05) is 11.7 Å². The third-order valence-electron chi connectivity index (χ3n) is 4.80. The van der Waals surface area contributed by atoms with Crippen molar-refractivity contribution in [3.8, 4) is 0 Å². The van der Waals surface area contributed by atoms with Crippen LogP contribution in [0.1, 0.15) is 28.3 Å². The summed E-state index contributed by atoms with van der Waals surface area (Å²) < 4.78 is 4.00. The topological polar surface area (TPSA) is 71.2 Å². The Hall–Kier alpha value is -2.35. The van der Waals surface area contributed by atoms with Gasteiger partial charge in [-0.25, -0.2) is 4.79 Å². The summed E-state index contributed by atoms with van der Waals surface area (Å²) in [6.07, 6.45) is 0. The van der Waals surface area contributed by atoms with Crippen molar-refractivity contribution in [2.24, 2.45) is 7.05 Å². The number of nitrogens with one attached hydrogen (secondary N) is 1. The van der Waals surface area contributed by atoms with Crippen LogP contribution in [-0.4, -0.2) is 56.0 Å². The standard InChI is InChI=1S/C17H27N7O/c1-12-16(13(2)22(5)19-12)11-23-6-7-24-15(10-23)8-14(20-24)9-18-17(25)21(3)4/h8H,6-7,9-11H2,1-5H3,(H,18,25). The van der Waals surface area contributed by atoms with E-state index < -0.39 is 0 Å². The predicted octanol–water partition coefficient (Wildman–Crippen LogP) is 1.02. The highest BCUT2D eigenvalue weighted by Crippen LogP contribution is 2.19. The third-order valence-corrected chi connectivity index (χ3v) is 4.80. The highest BCUT2D eigenvalue weighted by Gasteiger charge is 2.21. The fourth-order valence-corrected chi connectivity index (χ4v) is 3.20. The van der Waals surface area contributed by atoms with E-state index >= 15 is 0 Å². The fraction of sp³-hybridized carbons (Fsp3) is 0.588. The number of aryl methyl sites for hydroxylation is 2. The summed E-state index contributed by atoms with van der Waals surface area (Å²) in [4.78, 5) is 15.6. The average molecular weight is 345 g/mol. The molecule has 1 N–H and O–H groups in total. The zero-order valence-electron chi connectivity index (χ0n) is 15.7. The average Bonchev–Trinajstić information content (AvgIpc) is 3.07. The van der Waals surface area contributed by atoms with Gasteiger partial charge in [0.1, 0.15) is 0 Å². The van der Waals surface area contributed by atoms with E-state index in [9.17, 15) is 4.79 Å². The van der Waals surface area contributed by atoms with Crippen LogP contribution in [0.5, 0.6) is 0 Å². The van der Waals surface area contributed by atoms with Gasteiger partial charge in [0.2, 0.25) is 0 Å². The summed E-state index contributed by atoms with van der Waals surface area (Å²) in [6.45, 7) is 8.25. The summed E-state index contributed by atoms with van der Waals surface area (Å²) >= 11 is 0. The van der Waals surface area contributed by atoms with Gasteiger partial charge in [0.15, 0.2) is 0 Å². The Morgan fingerprint density at radius 3 is 2.68 bits per heavy atom. The minimum atomic E-state index is -0.102. The minimum absolute atomic E-state index is 0.102. The highest BCUT2D eigenvalue weighted by atomic mass is 16.2. The molecule has 0 spiro atoms. The Labute approximate surface area is 148 Å². The summed E-state index contributed by atoms with van der Waals surface area (Å²) in [7, 11) is 5.45. The maximum absolute atomic E-state index is 11.6. The highest BCUT2D eigenvalue weighted by molar-refractivity contribution is 5.73. The molecule has 0 saturated heterocycles. The molecule has 0 saturated carbocycles. The molecule has 2 aromatic rings. The van der Waals surface area contributed by atoms with Gasteiger partial charge in [-0.05, 0) is 19.9 Å². The van der Waals surface area contributed by atoms with E-state index in [1.165, 1.54) is 21.9 Å². The first kappa shape index (κ1) is 17.5. The second-order valence-electron chi connectivity index (χ2n) is 6.89. The maximum atomic E-state index is 11.6. The number of hydrogen-bond donors (Lipinski definition) is 1. The first-order valence-electron chi connectivity index (χ1n) is 8.57. The second-order valence-corrected chi connectivity index (χ2v) is 6.89. The lowest BCUT2D eigenvalue weighted by Gasteiger charge is -2.27. The van der Waals surface area contributed by atoms with E-state index in [1.54, 1.807) is 14.1 Å². The number of amides is 2. The number of rotatable bonds is 4. The van der Waals surface area contributed by atoms with Crippen LogP contribution in [-0.2, 0) is 33.2 Å². The van der Waals surface area contributed by atoms with Gasteiger partial charge in [0, 0.05) is 52.0 Å². The summed E-state index contributed by atoms with van der Waals surface area (Å²) in [5, 5.41) is 12.0. The fourth-order valence-electron chi connectivity index (χ4n) is 3.20. The zero-order valence-corrected chi connectivity index (χ0v) is 15.7. The summed E-state index contributed by atoms with van der Waals surface area (Å²) in [5.74, 6) is 0. The Kier molecular flexibility index (Phi) is 4.80. The molecule has 8 nitrogen and oxygen atoms in total. The number of fused-ring (bicyclic) bond motifs is 1. The molecule has 3 rings (SSSR count). The van der Waals surface area contributed by atoms with Crippen molar-refractivity contribution >= 4 is 6.03 Å². The van der Waals surface area contributed by atoms with Gasteiger partial charge < -0.3 is 10.2 Å². The second kappa shape index (κ2) is 6.87. The molecule has 136 valence electrons. The maximum Gasteiger partial charge on any atom is 0.317 e. The molecular weight excluding hydrogens is 318 g/mol. The molecule has 1 aliphatic heterocycles. The smallest absolute Gasteiger partial charge is 0.317 e. The number of urea groups is 1. The van der Waals surface area contributed by atoms with Crippen molar-refractivity contribution < 1.29 is 4.79 Å².